The number of hydrogen-bond acceptors (Lipinski definition) is 3. The minimum atomic E-state index is -0.380. The molecule has 2 aliphatic heterocycles. The fourth-order valence-corrected chi connectivity index (χ4v) is 4.04. The molecule has 3 nitrogen and oxygen atoms in total. The van der Waals surface area contributed by atoms with E-state index < -0.39 is 0 Å². The number of ether oxygens (including phenoxy) is 2. The van der Waals surface area contributed by atoms with Crippen LogP contribution in [0.1, 0.15) is 59.1 Å². The van der Waals surface area contributed by atoms with Crippen LogP contribution in [0.25, 0.3) is 0 Å². The van der Waals surface area contributed by atoms with Crippen molar-refractivity contribution in [1.29, 1.82) is 0 Å². The minimum Gasteiger partial charge on any atom is -0.487 e. The highest BCUT2D eigenvalue weighted by molar-refractivity contribution is 5.39. The molecule has 3 atom stereocenters. The predicted molar refractivity (Wildman–Crippen MR) is 102 cm³/mol. The first kappa shape index (κ1) is 18.3. The van der Waals surface area contributed by atoms with Crippen molar-refractivity contribution in [1.82, 2.24) is 4.90 Å². The summed E-state index contributed by atoms with van der Waals surface area (Å²) in [5, 5.41) is 0. The number of hydrogen-bond donors (Lipinski definition) is 0. The van der Waals surface area contributed by atoms with E-state index in [-0.39, 0.29) is 17.3 Å². The number of rotatable bonds is 3. The number of benzene rings is 1. The number of para-hydroxylation sites is 1. The molecule has 0 N–H and O–H groups in total. The molecule has 0 amide bonds. The smallest absolute Gasteiger partial charge is 0.126 e. The van der Waals surface area contributed by atoms with Gasteiger partial charge in [-0.25, -0.2) is 0 Å². The zero-order valence-electron chi connectivity index (χ0n) is 16.3. The standard InChI is InChI=1S/C22H31NO2/c1-6-23(7-2)16-10-14-22(5)15-13-18-20(25-22)17-11-8-9-12-19(17)24-21(18,3)4/h8-9,11-12,18,20H,6-7,13,15-16H2,1-5H3/t18-,20-,22-/m0/s1. The van der Waals surface area contributed by atoms with Gasteiger partial charge in [0.05, 0.1) is 12.6 Å². The third kappa shape index (κ3) is 3.71. The van der Waals surface area contributed by atoms with Gasteiger partial charge in [0.2, 0.25) is 0 Å². The maximum absolute atomic E-state index is 6.62. The maximum atomic E-state index is 6.62. The second-order valence-electron chi connectivity index (χ2n) is 7.92. The summed E-state index contributed by atoms with van der Waals surface area (Å²) < 4.78 is 12.9. The van der Waals surface area contributed by atoms with Crippen molar-refractivity contribution in [2.45, 2.75) is 64.8 Å². The molecule has 0 aliphatic carbocycles. The quantitative estimate of drug-likeness (QED) is 0.759. The Hall–Kier alpha value is -1.50. The summed E-state index contributed by atoms with van der Waals surface area (Å²) in [5.74, 6) is 8.11. The molecule has 0 aromatic heterocycles. The molecule has 0 bridgehead atoms. The summed E-state index contributed by atoms with van der Waals surface area (Å²) in [6.45, 7) is 13.7. The fourth-order valence-electron chi connectivity index (χ4n) is 4.04. The summed E-state index contributed by atoms with van der Waals surface area (Å²) in [6.07, 6.45) is 2.08. The van der Waals surface area contributed by atoms with Crippen LogP contribution < -0.4 is 4.74 Å². The van der Waals surface area contributed by atoms with Crippen molar-refractivity contribution in [2.24, 2.45) is 5.92 Å². The lowest BCUT2D eigenvalue weighted by Crippen LogP contribution is -2.50. The Balaban J connectivity index is 1.83. The van der Waals surface area contributed by atoms with Crippen molar-refractivity contribution in [3.8, 4) is 17.6 Å². The van der Waals surface area contributed by atoms with Crippen LogP contribution >= 0.6 is 0 Å². The molecule has 1 aromatic carbocycles. The molecule has 2 heterocycles. The highest BCUT2D eigenvalue weighted by Crippen LogP contribution is 2.52. The third-order valence-corrected chi connectivity index (χ3v) is 5.73. The van der Waals surface area contributed by atoms with Gasteiger partial charge in [-0.3, -0.25) is 4.90 Å². The Morgan fingerprint density at radius 3 is 2.60 bits per heavy atom. The molecule has 1 saturated heterocycles. The van der Waals surface area contributed by atoms with Gasteiger partial charge in [-0.15, -0.1) is 0 Å². The predicted octanol–water partition coefficient (Wildman–Crippen LogP) is 4.43. The highest BCUT2D eigenvalue weighted by atomic mass is 16.5. The first-order valence-corrected chi connectivity index (χ1v) is 9.56. The summed E-state index contributed by atoms with van der Waals surface area (Å²) >= 11 is 0. The van der Waals surface area contributed by atoms with E-state index in [0.717, 1.165) is 38.2 Å². The van der Waals surface area contributed by atoms with Crippen LogP contribution in [0.3, 0.4) is 0 Å². The summed E-state index contributed by atoms with van der Waals surface area (Å²) in [7, 11) is 0. The van der Waals surface area contributed by atoms with Crippen molar-refractivity contribution >= 4 is 0 Å². The van der Waals surface area contributed by atoms with Gasteiger partial charge in [0.1, 0.15) is 17.0 Å². The first-order chi connectivity index (χ1) is 11.9. The van der Waals surface area contributed by atoms with Gasteiger partial charge in [0.25, 0.3) is 0 Å². The SMILES string of the molecule is CCN(CC)CC#C[C@@]1(C)CC[C@H]2[C@@H](O1)c1ccccc1OC2(C)C. The summed E-state index contributed by atoms with van der Waals surface area (Å²) in [6, 6.07) is 8.28. The summed E-state index contributed by atoms with van der Waals surface area (Å²) in [5.41, 5.74) is 0.576. The zero-order valence-corrected chi connectivity index (χ0v) is 16.3. The van der Waals surface area contributed by atoms with E-state index in [1.54, 1.807) is 0 Å². The lowest BCUT2D eigenvalue weighted by Gasteiger charge is -2.50. The van der Waals surface area contributed by atoms with Gasteiger partial charge in [-0.2, -0.15) is 0 Å². The molecular weight excluding hydrogens is 310 g/mol. The average Bonchev–Trinajstić information content (AvgIpc) is 2.58. The van der Waals surface area contributed by atoms with Crippen LogP contribution in [0.15, 0.2) is 24.3 Å². The maximum Gasteiger partial charge on any atom is 0.126 e. The van der Waals surface area contributed by atoms with Crippen LogP contribution in [0.5, 0.6) is 5.75 Å². The van der Waals surface area contributed by atoms with E-state index in [9.17, 15) is 0 Å². The fraction of sp³-hybridized carbons (Fsp3) is 0.636. The van der Waals surface area contributed by atoms with Crippen LogP contribution in [0.2, 0.25) is 0 Å². The molecule has 3 rings (SSSR count). The van der Waals surface area contributed by atoms with Gasteiger partial charge < -0.3 is 9.47 Å². The molecule has 25 heavy (non-hydrogen) atoms. The van der Waals surface area contributed by atoms with E-state index in [4.69, 9.17) is 9.47 Å². The highest BCUT2D eigenvalue weighted by Gasteiger charge is 2.49. The molecule has 0 saturated carbocycles. The Morgan fingerprint density at radius 1 is 1.16 bits per heavy atom. The third-order valence-electron chi connectivity index (χ3n) is 5.73. The monoisotopic (exact) mass is 341 g/mol. The van der Waals surface area contributed by atoms with Gasteiger partial charge in [-0.1, -0.05) is 43.9 Å². The average molecular weight is 341 g/mol. The van der Waals surface area contributed by atoms with E-state index in [2.05, 4.69) is 69.6 Å². The molecule has 0 spiro atoms. The molecule has 0 radical (unpaired) electrons. The second kappa shape index (κ2) is 7.02. The van der Waals surface area contributed by atoms with E-state index in [1.807, 2.05) is 6.07 Å². The van der Waals surface area contributed by atoms with Crippen LogP contribution in [-0.4, -0.2) is 35.7 Å². The Kier molecular flexibility index (Phi) is 5.14. The van der Waals surface area contributed by atoms with Crippen molar-refractivity contribution < 1.29 is 9.47 Å². The topological polar surface area (TPSA) is 21.7 Å². The van der Waals surface area contributed by atoms with Crippen molar-refractivity contribution in [3.05, 3.63) is 29.8 Å². The molecule has 2 aliphatic rings. The van der Waals surface area contributed by atoms with Crippen LogP contribution in [-0.2, 0) is 4.74 Å². The number of fused-ring (bicyclic) bond motifs is 3. The normalized spacial score (nSPS) is 29.8. The molecule has 0 unspecified atom stereocenters. The van der Waals surface area contributed by atoms with Gasteiger partial charge in [-0.05, 0) is 52.8 Å². The molecule has 1 aromatic rings. The zero-order chi connectivity index (χ0) is 18.1. The van der Waals surface area contributed by atoms with Crippen LogP contribution in [0, 0.1) is 17.8 Å². The largest absolute Gasteiger partial charge is 0.487 e. The van der Waals surface area contributed by atoms with Gasteiger partial charge in [0.15, 0.2) is 0 Å². The van der Waals surface area contributed by atoms with Crippen LogP contribution in [0.4, 0.5) is 0 Å². The Bertz CT molecular complexity index is 668. The molecule has 3 heteroatoms. The van der Waals surface area contributed by atoms with Gasteiger partial charge >= 0.3 is 0 Å². The molecular formula is C22H31NO2. The minimum absolute atomic E-state index is 0.0569. The number of nitrogens with zero attached hydrogens (tertiary/aromatic N) is 1. The van der Waals surface area contributed by atoms with E-state index in [1.165, 1.54) is 5.56 Å². The second-order valence-corrected chi connectivity index (χ2v) is 7.92. The Labute approximate surface area is 152 Å². The lowest BCUT2D eigenvalue weighted by atomic mass is 9.73. The van der Waals surface area contributed by atoms with Gasteiger partial charge in [0, 0.05) is 11.5 Å². The molecule has 136 valence electrons. The van der Waals surface area contributed by atoms with Crippen molar-refractivity contribution in [2.75, 3.05) is 19.6 Å². The van der Waals surface area contributed by atoms with E-state index in [0.29, 0.717) is 5.92 Å². The molecule has 1 fully saturated rings. The van der Waals surface area contributed by atoms with E-state index >= 15 is 0 Å². The Morgan fingerprint density at radius 2 is 1.88 bits per heavy atom. The first-order valence-electron chi connectivity index (χ1n) is 9.56. The van der Waals surface area contributed by atoms with Crippen molar-refractivity contribution in [3.63, 3.8) is 0 Å². The summed E-state index contributed by atoms with van der Waals surface area (Å²) in [4.78, 5) is 2.33. The lowest BCUT2D eigenvalue weighted by molar-refractivity contribution is -0.169.